The zero-order valence-electron chi connectivity index (χ0n) is 26.9. The molecule has 0 radical (unpaired) electrons. The number of ether oxygens (including phenoxy) is 2. The van der Waals surface area contributed by atoms with E-state index in [1.165, 1.54) is 24.3 Å². The molecule has 0 aliphatic heterocycles. The molecule has 0 unspecified atom stereocenters. The predicted octanol–water partition coefficient (Wildman–Crippen LogP) is 5.58. The first-order valence-corrected chi connectivity index (χ1v) is 14.9. The van der Waals surface area contributed by atoms with Crippen LogP contribution in [0, 0.1) is 6.92 Å². The Morgan fingerprint density at radius 1 is 0.585 bits per heavy atom. The van der Waals surface area contributed by atoms with E-state index in [-0.39, 0.29) is 11.3 Å². The number of rotatable bonds is 10. The molecule has 0 saturated heterocycles. The van der Waals surface area contributed by atoms with Gasteiger partial charge in [-0.25, -0.2) is 14.4 Å². The van der Waals surface area contributed by atoms with Crippen LogP contribution in [0.15, 0.2) is 97.1 Å². The van der Waals surface area contributed by atoms with Crippen molar-refractivity contribution in [1.29, 1.82) is 0 Å². The number of anilines is 1. The average Bonchev–Trinajstić information content (AvgIpc) is 3.11. The maximum absolute atomic E-state index is 13.3. The summed E-state index contributed by atoms with van der Waals surface area (Å²) in [6, 6.07) is 16.8. The third-order valence-corrected chi connectivity index (χ3v) is 7.11. The van der Waals surface area contributed by atoms with Crippen LogP contribution in [-0.2, 0) is 31.4 Å². The molecule has 0 heterocycles. The Labute approximate surface area is 294 Å². The van der Waals surface area contributed by atoms with E-state index < -0.39 is 82.4 Å². The standard InChI is InChI=1S/C35H25F6N3O9/c1-18-8-10-19(11-9-18)28(45)42-25-14-12-20(13-15-25)29(46)43-44-30(47)26(52-32(50)21-4-2-6-23(16-21)34(36,37)38)27(31(48)49)53-33(51)22-5-3-7-24(17-22)35(39,40)41/h2-17,26-27H,1H3,(H,42,45)(H,43,46)(H,44,47)(H,48,49)/t26-,27-/m0/s1. The lowest BCUT2D eigenvalue weighted by Crippen LogP contribution is -2.54. The fourth-order valence-electron chi connectivity index (χ4n) is 4.38. The number of benzene rings is 4. The highest BCUT2D eigenvalue weighted by molar-refractivity contribution is 6.05. The summed E-state index contributed by atoms with van der Waals surface area (Å²) >= 11 is 0. The van der Waals surface area contributed by atoms with Crippen LogP contribution in [0.1, 0.15) is 58.1 Å². The number of alkyl halides is 6. The van der Waals surface area contributed by atoms with Crippen LogP contribution in [-0.4, -0.2) is 52.9 Å². The van der Waals surface area contributed by atoms with Crippen LogP contribution >= 0.6 is 0 Å². The summed E-state index contributed by atoms with van der Waals surface area (Å²) < 4.78 is 89.0. The van der Waals surface area contributed by atoms with Crippen LogP contribution in [0.25, 0.3) is 0 Å². The Morgan fingerprint density at radius 3 is 1.51 bits per heavy atom. The van der Waals surface area contributed by atoms with E-state index in [1.54, 1.807) is 29.7 Å². The van der Waals surface area contributed by atoms with Gasteiger partial charge in [0.05, 0.1) is 22.3 Å². The van der Waals surface area contributed by atoms with Crippen molar-refractivity contribution in [2.24, 2.45) is 0 Å². The zero-order valence-corrected chi connectivity index (χ0v) is 26.9. The fourth-order valence-corrected chi connectivity index (χ4v) is 4.38. The van der Waals surface area contributed by atoms with E-state index in [4.69, 9.17) is 9.47 Å². The summed E-state index contributed by atoms with van der Waals surface area (Å²) in [4.78, 5) is 76.4. The molecule has 0 saturated carbocycles. The Hall–Kier alpha value is -6.72. The Balaban J connectivity index is 1.54. The number of hydrogen-bond donors (Lipinski definition) is 4. The van der Waals surface area contributed by atoms with Crippen LogP contribution in [0.5, 0.6) is 0 Å². The van der Waals surface area contributed by atoms with Gasteiger partial charge in [0.25, 0.3) is 17.7 Å². The van der Waals surface area contributed by atoms with E-state index in [1.807, 2.05) is 12.3 Å². The van der Waals surface area contributed by atoms with Crippen LogP contribution in [0.2, 0.25) is 0 Å². The lowest BCUT2D eigenvalue weighted by Gasteiger charge is -2.24. The van der Waals surface area contributed by atoms with Crippen LogP contribution in [0.3, 0.4) is 0 Å². The summed E-state index contributed by atoms with van der Waals surface area (Å²) in [5.74, 6) is -8.82. The summed E-state index contributed by atoms with van der Waals surface area (Å²) in [6.45, 7) is 1.84. The van der Waals surface area contributed by atoms with Crippen molar-refractivity contribution in [3.8, 4) is 0 Å². The van der Waals surface area contributed by atoms with Crippen molar-refractivity contribution in [3.63, 3.8) is 0 Å². The second kappa shape index (κ2) is 16.1. The highest BCUT2D eigenvalue weighted by Crippen LogP contribution is 2.31. The molecule has 4 rings (SSSR count). The zero-order chi connectivity index (χ0) is 39.1. The lowest BCUT2D eigenvalue weighted by atomic mass is 10.1. The number of carboxylic acids is 1. The second-order valence-electron chi connectivity index (χ2n) is 11.0. The van der Waals surface area contributed by atoms with Gasteiger partial charge in [-0.3, -0.25) is 25.2 Å². The number of amides is 3. The molecule has 53 heavy (non-hydrogen) atoms. The van der Waals surface area contributed by atoms with Gasteiger partial charge in [0.15, 0.2) is 0 Å². The van der Waals surface area contributed by atoms with Crippen molar-refractivity contribution in [1.82, 2.24) is 10.9 Å². The number of hydrazine groups is 1. The topological polar surface area (TPSA) is 177 Å². The van der Waals surface area contributed by atoms with Gasteiger partial charge in [0.2, 0.25) is 12.2 Å². The monoisotopic (exact) mass is 745 g/mol. The van der Waals surface area contributed by atoms with Gasteiger partial charge in [-0.15, -0.1) is 0 Å². The van der Waals surface area contributed by atoms with Gasteiger partial charge in [0, 0.05) is 16.8 Å². The molecule has 4 aromatic rings. The highest BCUT2D eigenvalue weighted by Gasteiger charge is 2.42. The van der Waals surface area contributed by atoms with Crippen molar-refractivity contribution in [3.05, 3.63) is 136 Å². The SMILES string of the molecule is Cc1ccc(C(=O)Nc2ccc(C(=O)NNC(=O)[C@@H](OC(=O)c3cccc(C(F)(F)F)c3)[C@H](OC(=O)c3cccc(C(F)(F)F)c3)C(=O)O)cc2)cc1. The minimum atomic E-state index is -4.94. The summed E-state index contributed by atoms with van der Waals surface area (Å²) in [6.07, 6.45) is -15.4. The number of carbonyl (C=O) groups is 6. The van der Waals surface area contributed by atoms with E-state index in [9.17, 15) is 60.2 Å². The molecule has 12 nitrogen and oxygen atoms in total. The number of aryl methyl sites for hydroxylation is 1. The molecule has 0 aliphatic carbocycles. The average molecular weight is 746 g/mol. The normalized spacial score (nSPS) is 12.4. The second-order valence-corrected chi connectivity index (χ2v) is 11.0. The minimum absolute atomic E-state index is 0.137. The Bertz CT molecular complexity index is 2030. The Kier molecular flexibility index (Phi) is 11.9. The van der Waals surface area contributed by atoms with Gasteiger partial charge in [0.1, 0.15) is 0 Å². The molecule has 0 bridgehead atoms. The van der Waals surface area contributed by atoms with Gasteiger partial charge >= 0.3 is 30.3 Å². The van der Waals surface area contributed by atoms with Crippen molar-refractivity contribution in [2.75, 3.05) is 5.32 Å². The van der Waals surface area contributed by atoms with E-state index in [0.717, 1.165) is 29.8 Å². The maximum Gasteiger partial charge on any atom is 0.416 e. The quantitative estimate of drug-likeness (QED) is 0.0917. The van der Waals surface area contributed by atoms with Gasteiger partial charge in [-0.05, 0) is 79.7 Å². The molecule has 4 N–H and O–H groups in total. The van der Waals surface area contributed by atoms with Crippen molar-refractivity contribution in [2.45, 2.75) is 31.5 Å². The first-order chi connectivity index (χ1) is 24.8. The Morgan fingerprint density at radius 2 is 1.04 bits per heavy atom. The number of halogens is 6. The molecule has 0 aliphatic rings. The number of esters is 2. The van der Waals surface area contributed by atoms with Gasteiger partial charge < -0.3 is 19.9 Å². The molecular weight excluding hydrogens is 720 g/mol. The number of carbonyl (C=O) groups excluding carboxylic acids is 5. The van der Waals surface area contributed by atoms with Crippen LogP contribution in [0.4, 0.5) is 32.0 Å². The predicted molar refractivity (Wildman–Crippen MR) is 170 cm³/mol. The van der Waals surface area contributed by atoms with E-state index in [2.05, 4.69) is 5.32 Å². The van der Waals surface area contributed by atoms with Gasteiger partial charge in [-0.2, -0.15) is 26.3 Å². The maximum atomic E-state index is 13.3. The smallest absolute Gasteiger partial charge is 0.416 e. The first kappa shape index (κ1) is 39.1. The summed E-state index contributed by atoms with van der Waals surface area (Å²) in [5.41, 5.74) is 0.743. The van der Waals surface area contributed by atoms with Crippen LogP contribution < -0.4 is 16.2 Å². The number of hydrogen-bond acceptors (Lipinski definition) is 8. The third-order valence-electron chi connectivity index (χ3n) is 7.11. The fraction of sp³-hybridized carbons (Fsp3) is 0.143. The van der Waals surface area contributed by atoms with E-state index in [0.29, 0.717) is 29.8 Å². The summed E-state index contributed by atoms with van der Waals surface area (Å²) in [7, 11) is 0. The number of nitrogens with one attached hydrogen (secondary N) is 3. The number of aliphatic carboxylic acids is 1. The van der Waals surface area contributed by atoms with E-state index >= 15 is 0 Å². The highest BCUT2D eigenvalue weighted by atomic mass is 19.4. The van der Waals surface area contributed by atoms with Crippen molar-refractivity contribution < 1.29 is 69.7 Å². The van der Waals surface area contributed by atoms with Crippen molar-refractivity contribution >= 4 is 41.3 Å². The molecule has 0 spiro atoms. The number of carboxylic acid groups (broad SMARTS) is 1. The minimum Gasteiger partial charge on any atom is -0.478 e. The molecule has 4 aromatic carbocycles. The molecule has 2 atom stereocenters. The molecule has 3 amide bonds. The molecule has 276 valence electrons. The van der Waals surface area contributed by atoms with Gasteiger partial charge in [-0.1, -0.05) is 29.8 Å². The first-order valence-electron chi connectivity index (χ1n) is 14.9. The lowest BCUT2D eigenvalue weighted by molar-refractivity contribution is -0.159. The molecular formula is C35H25F6N3O9. The molecule has 0 fully saturated rings. The largest absolute Gasteiger partial charge is 0.478 e. The molecule has 0 aromatic heterocycles. The molecule has 18 heteroatoms. The third kappa shape index (κ3) is 10.4. The summed E-state index contributed by atoms with van der Waals surface area (Å²) in [5, 5.41) is 12.4.